The van der Waals surface area contributed by atoms with E-state index < -0.39 is 0 Å². The van der Waals surface area contributed by atoms with Crippen LogP contribution in [-0.4, -0.2) is 76.3 Å². The Labute approximate surface area is 238 Å². The highest BCUT2D eigenvalue weighted by Gasteiger charge is 2.55. The van der Waals surface area contributed by atoms with Gasteiger partial charge in [-0.15, -0.1) is 0 Å². The smallest absolute Gasteiger partial charge is 0.260 e. The molecule has 40 heavy (non-hydrogen) atoms. The van der Waals surface area contributed by atoms with Crippen LogP contribution in [0.15, 0.2) is 71.7 Å². The Morgan fingerprint density at radius 3 is 2.45 bits per heavy atom. The van der Waals surface area contributed by atoms with Crippen molar-refractivity contribution in [2.75, 3.05) is 51.3 Å². The van der Waals surface area contributed by atoms with Gasteiger partial charge in [0, 0.05) is 79.6 Å². The molecule has 4 heterocycles. The molecule has 1 saturated carbocycles. The number of anilines is 1. The number of aromatic nitrogens is 3. The maximum atomic E-state index is 13.9. The number of rotatable bonds is 8. The van der Waals surface area contributed by atoms with Gasteiger partial charge < -0.3 is 10.1 Å². The molecular weight excluding hydrogens is 524 g/mol. The number of hydrogen-bond acceptors (Lipinski definition) is 7. The predicted octanol–water partition coefficient (Wildman–Crippen LogP) is 3.99. The summed E-state index contributed by atoms with van der Waals surface area (Å²) >= 11 is 6.51. The van der Waals surface area contributed by atoms with E-state index in [0.29, 0.717) is 46.6 Å². The SMILES string of the molecule is O=c1c(-c2ccccc2Cl)cc2cnc(NC3C4CN(Cc5ccccc5)CC43)nc2n1CCN1CCOCC1. The van der Waals surface area contributed by atoms with Crippen molar-refractivity contribution < 1.29 is 4.74 Å². The molecule has 206 valence electrons. The fraction of sp³-hybridized carbons (Fsp3) is 0.387. The zero-order chi connectivity index (χ0) is 27.1. The molecule has 2 saturated heterocycles. The summed E-state index contributed by atoms with van der Waals surface area (Å²) in [6.07, 6.45) is 1.83. The number of pyridine rings is 1. The predicted molar refractivity (Wildman–Crippen MR) is 158 cm³/mol. The molecule has 0 amide bonds. The van der Waals surface area contributed by atoms with Gasteiger partial charge in [0.2, 0.25) is 5.95 Å². The van der Waals surface area contributed by atoms with Crippen LogP contribution in [-0.2, 0) is 17.8 Å². The minimum atomic E-state index is -0.0849. The summed E-state index contributed by atoms with van der Waals surface area (Å²) in [5, 5.41) is 4.97. The molecule has 8 nitrogen and oxygen atoms in total. The Morgan fingerprint density at radius 2 is 1.68 bits per heavy atom. The monoisotopic (exact) mass is 556 g/mol. The maximum Gasteiger partial charge on any atom is 0.260 e. The lowest BCUT2D eigenvalue weighted by atomic mass is 10.1. The fourth-order valence-corrected chi connectivity index (χ4v) is 6.56. The van der Waals surface area contributed by atoms with Crippen LogP contribution in [0.25, 0.3) is 22.2 Å². The molecule has 2 aliphatic heterocycles. The summed E-state index contributed by atoms with van der Waals surface area (Å²) in [4.78, 5) is 28.3. The normalized spacial score (nSPS) is 22.9. The van der Waals surface area contributed by atoms with Crippen molar-refractivity contribution in [1.29, 1.82) is 0 Å². The van der Waals surface area contributed by atoms with E-state index in [4.69, 9.17) is 21.3 Å². The fourth-order valence-electron chi connectivity index (χ4n) is 6.32. The van der Waals surface area contributed by atoms with Gasteiger partial charge in [-0.3, -0.25) is 19.2 Å². The summed E-state index contributed by atoms with van der Waals surface area (Å²) in [6, 6.07) is 20.4. The summed E-state index contributed by atoms with van der Waals surface area (Å²) < 4.78 is 7.30. The number of nitrogens with zero attached hydrogens (tertiary/aromatic N) is 5. The molecule has 2 aromatic carbocycles. The van der Waals surface area contributed by atoms with Gasteiger partial charge in [-0.25, -0.2) is 4.98 Å². The quantitative estimate of drug-likeness (QED) is 0.352. The van der Waals surface area contributed by atoms with Crippen molar-refractivity contribution in [1.82, 2.24) is 24.3 Å². The second-order valence-corrected chi connectivity index (χ2v) is 11.5. The van der Waals surface area contributed by atoms with E-state index in [9.17, 15) is 4.79 Å². The summed E-state index contributed by atoms with van der Waals surface area (Å²) in [5.41, 5.74) is 3.22. The lowest BCUT2D eigenvalue weighted by Crippen LogP contribution is -2.39. The number of hydrogen-bond donors (Lipinski definition) is 1. The average molecular weight is 557 g/mol. The first-order valence-corrected chi connectivity index (χ1v) is 14.5. The van der Waals surface area contributed by atoms with E-state index in [0.717, 1.165) is 63.4 Å². The van der Waals surface area contributed by atoms with Crippen LogP contribution in [0, 0.1) is 11.8 Å². The number of piperidine rings is 1. The number of fused-ring (bicyclic) bond motifs is 2. The van der Waals surface area contributed by atoms with Gasteiger partial charge in [0.1, 0.15) is 5.65 Å². The molecule has 4 aromatic rings. The Hall–Kier alpha value is -3.30. The van der Waals surface area contributed by atoms with Crippen molar-refractivity contribution in [3.05, 3.63) is 87.8 Å². The van der Waals surface area contributed by atoms with Gasteiger partial charge in [-0.2, -0.15) is 4.98 Å². The first kappa shape index (κ1) is 25.7. The van der Waals surface area contributed by atoms with E-state index in [1.165, 1.54) is 5.56 Å². The number of morpholine rings is 1. The van der Waals surface area contributed by atoms with Crippen LogP contribution < -0.4 is 10.9 Å². The second-order valence-electron chi connectivity index (χ2n) is 11.1. The van der Waals surface area contributed by atoms with Gasteiger partial charge >= 0.3 is 0 Å². The number of likely N-dealkylation sites (tertiary alicyclic amines) is 1. The van der Waals surface area contributed by atoms with Crippen LogP contribution >= 0.6 is 11.6 Å². The van der Waals surface area contributed by atoms with E-state index >= 15 is 0 Å². The highest BCUT2D eigenvalue weighted by molar-refractivity contribution is 6.33. The van der Waals surface area contributed by atoms with Crippen LogP contribution in [0.3, 0.4) is 0 Å². The van der Waals surface area contributed by atoms with Gasteiger partial charge in [0.25, 0.3) is 5.56 Å². The van der Waals surface area contributed by atoms with E-state index in [-0.39, 0.29) is 5.56 Å². The zero-order valence-corrected chi connectivity index (χ0v) is 23.1. The van der Waals surface area contributed by atoms with Crippen molar-refractivity contribution in [3.8, 4) is 11.1 Å². The summed E-state index contributed by atoms with van der Waals surface area (Å²) in [6.45, 7) is 7.61. The highest BCUT2D eigenvalue weighted by Crippen LogP contribution is 2.47. The standard InChI is InChI=1S/C31H33ClN6O2/c32-27-9-5-4-8-23(27)24-16-22-17-33-31(35-29(22)38(30(24)39)11-10-36-12-14-40-15-13-36)34-28-25-19-37(20-26(25)28)18-21-6-2-1-3-7-21/h1-9,16-17,25-26,28H,10-15,18-20H2,(H,33,34,35). The highest BCUT2D eigenvalue weighted by atomic mass is 35.5. The van der Waals surface area contributed by atoms with Crippen molar-refractivity contribution in [2.45, 2.75) is 19.1 Å². The Kier molecular flexibility index (Phi) is 7.01. The van der Waals surface area contributed by atoms with Crippen molar-refractivity contribution in [3.63, 3.8) is 0 Å². The first-order valence-electron chi connectivity index (χ1n) is 14.1. The average Bonchev–Trinajstić information content (AvgIpc) is 3.41. The van der Waals surface area contributed by atoms with Crippen LogP contribution in [0.2, 0.25) is 5.02 Å². The Bertz CT molecular complexity index is 1560. The number of nitrogens with one attached hydrogen (secondary N) is 1. The lowest BCUT2D eigenvalue weighted by molar-refractivity contribution is 0.0364. The summed E-state index contributed by atoms with van der Waals surface area (Å²) in [5.74, 6) is 1.80. The third kappa shape index (κ3) is 5.12. The zero-order valence-electron chi connectivity index (χ0n) is 22.4. The molecule has 0 bridgehead atoms. The van der Waals surface area contributed by atoms with Gasteiger partial charge in [0.15, 0.2) is 0 Å². The third-order valence-electron chi connectivity index (χ3n) is 8.55. The molecule has 2 atom stereocenters. The Balaban J connectivity index is 1.13. The molecule has 0 radical (unpaired) electrons. The van der Waals surface area contributed by atoms with Gasteiger partial charge in [-0.1, -0.05) is 60.1 Å². The molecule has 7 rings (SSSR count). The van der Waals surface area contributed by atoms with Crippen molar-refractivity contribution in [2.24, 2.45) is 11.8 Å². The molecule has 2 aromatic heterocycles. The first-order chi connectivity index (χ1) is 19.6. The molecule has 1 aliphatic carbocycles. The van der Waals surface area contributed by atoms with Crippen molar-refractivity contribution >= 4 is 28.6 Å². The number of ether oxygens (including phenoxy) is 1. The third-order valence-corrected chi connectivity index (χ3v) is 8.88. The molecule has 9 heteroatoms. The van der Waals surface area contributed by atoms with Gasteiger partial charge in [-0.05, 0) is 29.5 Å². The van der Waals surface area contributed by atoms with Crippen LogP contribution in [0.4, 0.5) is 5.95 Å². The minimum absolute atomic E-state index is 0.0849. The van der Waals surface area contributed by atoms with Crippen LogP contribution in [0.5, 0.6) is 0 Å². The minimum Gasteiger partial charge on any atom is -0.379 e. The maximum absolute atomic E-state index is 13.9. The second kappa shape index (κ2) is 10.9. The molecule has 1 N–H and O–H groups in total. The molecular formula is C31H33ClN6O2. The van der Waals surface area contributed by atoms with Crippen LogP contribution in [0.1, 0.15) is 5.56 Å². The van der Waals surface area contributed by atoms with E-state index in [2.05, 4.69) is 50.4 Å². The largest absolute Gasteiger partial charge is 0.379 e. The molecule has 2 unspecified atom stereocenters. The number of halogens is 1. The Morgan fingerprint density at radius 1 is 0.925 bits per heavy atom. The number of benzene rings is 2. The lowest BCUT2D eigenvalue weighted by Gasteiger charge is -2.27. The molecule has 3 fully saturated rings. The van der Waals surface area contributed by atoms with Gasteiger partial charge in [0.05, 0.1) is 13.2 Å². The molecule has 0 spiro atoms. The molecule has 3 aliphatic rings. The summed E-state index contributed by atoms with van der Waals surface area (Å²) in [7, 11) is 0. The van der Waals surface area contributed by atoms with E-state index in [1.54, 1.807) is 4.57 Å². The van der Waals surface area contributed by atoms with E-state index in [1.807, 2.05) is 36.5 Å². The topological polar surface area (TPSA) is 75.5 Å².